The highest BCUT2D eigenvalue weighted by Gasteiger charge is 2.43. The zero-order chi connectivity index (χ0) is 39.3. The van der Waals surface area contributed by atoms with Gasteiger partial charge in [0.05, 0.1) is 6.04 Å². The first-order valence-corrected chi connectivity index (χ1v) is 18.7. The van der Waals surface area contributed by atoms with Crippen LogP contribution in [0.15, 0.2) is 30.3 Å². The molecule has 51 heavy (non-hydrogen) atoms. The molecule has 0 aliphatic carbocycles. The van der Waals surface area contributed by atoms with Crippen LogP contribution in [0.2, 0.25) is 0 Å². The standard InChI is InChI=1S/C40H70N6O5/c1-25(2)23-31(41-11)37(48)43(12)32(24-26(3)4)38(49)45(14)34(28(7)8)40(51)46(15)35(29(9)10)39(50)44(13)33(27(5)6)36(47)42-22-21-30-19-17-16-18-20-30/h16-20,25-29,31-35,41H,21-24H2,1-15H3,(H,42,47)/t31-,32-,33-,34-,35-/m0/s1. The van der Waals surface area contributed by atoms with Gasteiger partial charge in [0.15, 0.2) is 0 Å². The van der Waals surface area contributed by atoms with Crippen LogP contribution in [0, 0.1) is 29.6 Å². The summed E-state index contributed by atoms with van der Waals surface area (Å²) in [5, 5.41) is 6.11. The number of hydrogen-bond donors (Lipinski definition) is 2. The van der Waals surface area contributed by atoms with Crippen LogP contribution >= 0.6 is 0 Å². The van der Waals surface area contributed by atoms with Crippen molar-refractivity contribution in [2.45, 2.75) is 119 Å². The number of amides is 5. The molecule has 1 aromatic rings. The van der Waals surface area contributed by atoms with E-state index in [-0.39, 0.29) is 59.1 Å². The van der Waals surface area contributed by atoms with Gasteiger partial charge in [-0.1, -0.05) is 99.6 Å². The molecule has 0 heterocycles. The third kappa shape index (κ3) is 12.9. The second kappa shape index (κ2) is 21.2. The van der Waals surface area contributed by atoms with Crippen LogP contribution in [0.1, 0.15) is 87.6 Å². The first-order valence-electron chi connectivity index (χ1n) is 18.7. The number of benzene rings is 1. The molecule has 1 rings (SSSR count). The number of hydrogen-bond acceptors (Lipinski definition) is 6. The van der Waals surface area contributed by atoms with Gasteiger partial charge in [0.1, 0.15) is 24.2 Å². The van der Waals surface area contributed by atoms with E-state index < -0.39 is 30.2 Å². The summed E-state index contributed by atoms with van der Waals surface area (Å²) < 4.78 is 0. The van der Waals surface area contributed by atoms with Gasteiger partial charge in [-0.3, -0.25) is 24.0 Å². The molecule has 5 atom stereocenters. The monoisotopic (exact) mass is 715 g/mol. The molecule has 1 aromatic carbocycles. The van der Waals surface area contributed by atoms with Crippen LogP contribution in [0.3, 0.4) is 0 Å². The van der Waals surface area contributed by atoms with Crippen LogP contribution in [0.25, 0.3) is 0 Å². The average molecular weight is 715 g/mol. The van der Waals surface area contributed by atoms with Crippen molar-refractivity contribution in [1.29, 1.82) is 0 Å². The Kier molecular flexibility index (Phi) is 18.9. The number of carbonyl (C=O) groups excluding carboxylic acids is 5. The van der Waals surface area contributed by atoms with Gasteiger partial charge in [0, 0.05) is 34.7 Å². The SMILES string of the molecule is CN[C@@H](CC(C)C)C(=O)N(C)[C@@H](CC(C)C)C(=O)N(C)[C@H](C(=O)N(C)[C@H](C(=O)N(C)[C@H](C(=O)NCCc1ccccc1)C(C)C)C(C)C)C(C)C. The van der Waals surface area contributed by atoms with E-state index in [4.69, 9.17) is 0 Å². The Morgan fingerprint density at radius 3 is 1.41 bits per heavy atom. The molecule has 0 bridgehead atoms. The lowest BCUT2D eigenvalue weighted by Crippen LogP contribution is -2.62. The van der Waals surface area contributed by atoms with Gasteiger partial charge in [-0.15, -0.1) is 0 Å². The number of likely N-dealkylation sites (N-methyl/N-ethyl adjacent to an activating group) is 5. The maximum atomic E-state index is 14.4. The zero-order valence-electron chi connectivity index (χ0n) is 34.3. The van der Waals surface area contributed by atoms with Gasteiger partial charge in [-0.2, -0.15) is 0 Å². The Bertz CT molecular complexity index is 1270. The molecule has 0 radical (unpaired) electrons. The fourth-order valence-electron chi connectivity index (χ4n) is 6.95. The van der Waals surface area contributed by atoms with Gasteiger partial charge in [-0.05, 0) is 61.5 Å². The maximum absolute atomic E-state index is 14.4. The summed E-state index contributed by atoms with van der Waals surface area (Å²) in [7, 11) is 8.24. The van der Waals surface area contributed by atoms with Gasteiger partial charge >= 0.3 is 0 Å². The fourth-order valence-corrected chi connectivity index (χ4v) is 6.95. The molecular formula is C40H70N6O5. The van der Waals surface area contributed by atoms with Gasteiger partial charge in [0.2, 0.25) is 29.5 Å². The fraction of sp³-hybridized carbons (Fsp3) is 0.725. The third-order valence-electron chi connectivity index (χ3n) is 9.67. The first kappa shape index (κ1) is 45.6. The minimum atomic E-state index is -0.891. The van der Waals surface area contributed by atoms with E-state index in [9.17, 15) is 24.0 Å². The topological polar surface area (TPSA) is 122 Å². The summed E-state index contributed by atoms with van der Waals surface area (Å²) in [6.45, 7) is 19.8. The van der Waals surface area contributed by atoms with E-state index in [1.165, 1.54) is 19.6 Å². The van der Waals surface area contributed by atoms with Crippen molar-refractivity contribution in [3.8, 4) is 0 Å². The number of nitrogens with one attached hydrogen (secondary N) is 2. The Morgan fingerprint density at radius 2 is 1.00 bits per heavy atom. The first-order chi connectivity index (χ1) is 23.7. The Balaban J connectivity index is 3.34. The molecule has 0 saturated carbocycles. The summed E-state index contributed by atoms with van der Waals surface area (Å²) in [6, 6.07) is 6.15. The van der Waals surface area contributed by atoms with Gasteiger partial charge in [0.25, 0.3) is 0 Å². The summed E-state index contributed by atoms with van der Waals surface area (Å²) in [5.41, 5.74) is 1.11. The zero-order valence-corrected chi connectivity index (χ0v) is 34.3. The molecule has 5 amide bonds. The number of nitrogens with zero attached hydrogens (tertiary/aromatic N) is 4. The Hall–Kier alpha value is -3.47. The second-order valence-corrected chi connectivity index (χ2v) is 16.0. The van der Waals surface area contributed by atoms with E-state index in [0.717, 1.165) is 5.56 Å². The molecule has 0 fully saturated rings. The van der Waals surface area contributed by atoms with Crippen molar-refractivity contribution in [2.24, 2.45) is 29.6 Å². The van der Waals surface area contributed by atoms with Crippen molar-refractivity contribution >= 4 is 29.5 Å². The van der Waals surface area contributed by atoms with Crippen molar-refractivity contribution in [3.63, 3.8) is 0 Å². The predicted octanol–water partition coefficient (Wildman–Crippen LogP) is 4.30. The van der Waals surface area contributed by atoms with Crippen molar-refractivity contribution in [1.82, 2.24) is 30.2 Å². The minimum Gasteiger partial charge on any atom is -0.354 e. The average Bonchev–Trinajstić information content (AvgIpc) is 3.04. The van der Waals surface area contributed by atoms with Crippen LogP contribution in [-0.4, -0.2) is 121 Å². The van der Waals surface area contributed by atoms with Crippen LogP contribution in [-0.2, 0) is 30.4 Å². The molecule has 0 aliphatic rings. The van der Waals surface area contributed by atoms with E-state index in [0.29, 0.717) is 25.8 Å². The van der Waals surface area contributed by atoms with Gasteiger partial charge < -0.3 is 30.2 Å². The van der Waals surface area contributed by atoms with Crippen LogP contribution < -0.4 is 10.6 Å². The maximum Gasteiger partial charge on any atom is 0.246 e. The lowest BCUT2D eigenvalue weighted by molar-refractivity contribution is -0.157. The summed E-state index contributed by atoms with van der Waals surface area (Å²) in [6.07, 6.45) is 1.72. The molecule has 11 heteroatoms. The molecule has 290 valence electrons. The molecule has 11 nitrogen and oxygen atoms in total. The smallest absolute Gasteiger partial charge is 0.246 e. The molecule has 0 unspecified atom stereocenters. The predicted molar refractivity (Wildman–Crippen MR) is 206 cm³/mol. The number of carbonyl (C=O) groups is 5. The quantitative estimate of drug-likeness (QED) is 0.208. The van der Waals surface area contributed by atoms with E-state index >= 15 is 0 Å². The van der Waals surface area contributed by atoms with E-state index in [1.807, 2.05) is 85.7 Å². The van der Waals surface area contributed by atoms with Crippen molar-refractivity contribution < 1.29 is 24.0 Å². The highest BCUT2D eigenvalue weighted by molar-refractivity contribution is 5.96. The molecule has 0 aliphatic heterocycles. The normalized spacial score (nSPS) is 14.7. The molecule has 0 spiro atoms. The Morgan fingerprint density at radius 1 is 0.569 bits per heavy atom. The molecular weight excluding hydrogens is 644 g/mol. The van der Waals surface area contributed by atoms with E-state index in [1.54, 1.807) is 35.2 Å². The lowest BCUT2D eigenvalue weighted by Gasteiger charge is -2.41. The highest BCUT2D eigenvalue weighted by Crippen LogP contribution is 2.23. The largest absolute Gasteiger partial charge is 0.354 e. The third-order valence-corrected chi connectivity index (χ3v) is 9.67. The Labute approximate surface area is 309 Å². The van der Waals surface area contributed by atoms with Crippen LogP contribution in [0.5, 0.6) is 0 Å². The summed E-state index contributed by atoms with van der Waals surface area (Å²) in [5.74, 6) is -1.83. The molecule has 0 saturated heterocycles. The highest BCUT2D eigenvalue weighted by atomic mass is 16.2. The van der Waals surface area contributed by atoms with Crippen LogP contribution in [0.4, 0.5) is 0 Å². The van der Waals surface area contributed by atoms with Gasteiger partial charge in [-0.25, -0.2) is 0 Å². The number of rotatable bonds is 20. The second-order valence-electron chi connectivity index (χ2n) is 16.0. The molecule has 0 aromatic heterocycles. The van der Waals surface area contributed by atoms with E-state index in [2.05, 4.69) is 24.5 Å². The van der Waals surface area contributed by atoms with Crippen molar-refractivity contribution in [2.75, 3.05) is 41.8 Å². The molecule has 2 N–H and O–H groups in total. The summed E-state index contributed by atoms with van der Waals surface area (Å²) in [4.78, 5) is 76.0. The van der Waals surface area contributed by atoms with Crippen molar-refractivity contribution in [3.05, 3.63) is 35.9 Å². The lowest BCUT2D eigenvalue weighted by atomic mass is 9.94. The summed E-state index contributed by atoms with van der Waals surface area (Å²) >= 11 is 0. The minimum absolute atomic E-state index is 0.111.